The van der Waals surface area contributed by atoms with E-state index in [1.807, 2.05) is 6.08 Å². The van der Waals surface area contributed by atoms with Gasteiger partial charge >= 0.3 is 5.97 Å². The molecule has 1 aliphatic rings. The van der Waals surface area contributed by atoms with E-state index in [2.05, 4.69) is 34.6 Å². The number of unbranched alkanes of at least 4 members (excludes halogenated alkanes) is 3. The van der Waals surface area contributed by atoms with Gasteiger partial charge in [0.05, 0.1) is 20.9 Å². The quantitative estimate of drug-likeness (QED) is 0.179. The summed E-state index contributed by atoms with van der Waals surface area (Å²) in [5.41, 5.74) is 0. The standard InChI is InChI=1S/C20H37O5P3/c1-2-3-6-9-15(23-26)12-13-17-16(18(24-27)14-19(17)25-28)10-7-4-5-8-11-20(21)22/h4,7,12-13,15-19H,2-3,5-6,8-11,14,26-28H2,1H3,(H,21,22)/b7-4-,13-12+/t15-,16+,17+,18-,19+/m0/s1/i26T,28T/t15-,16+,17+,18-,19+,26?,28?. The Hall–Kier alpha value is 0.120. The van der Waals surface area contributed by atoms with Crippen molar-refractivity contribution in [3.8, 4) is 0 Å². The minimum Gasteiger partial charge on any atom is -0.481 e. The average Bonchev–Trinajstić information content (AvgIpc) is 3.05. The zero-order valence-electron chi connectivity index (χ0n) is 18.7. The summed E-state index contributed by atoms with van der Waals surface area (Å²) in [7, 11) is 1.75. The number of carbonyl (C=O) groups is 1. The van der Waals surface area contributed by atoms with Crippen LogP contribution in [0.5, 0.6) is 0 Å². The fourth-order valence-corrected chi connectivity index (χ4v) is 4.49. The number of rotatable bonds is 17. The summed E-state index contributed by atoms with van der Waals surface area (Å²) < 4.78 is 31.9. The summed E-state index contributed by atoms with van der Waals surface area (Å²) in [5, 5.41) is 8.73. The zero-order chi connectivity index (χ0) is 22.2. The molecule has 0 aromatic heterocycles. The third kappa shape index (κ3) is 9.75. The van der Waals surface area contributed by atoms with Crippen LogP contribution in [-0.4, -0.2) is 31.9 Å². The van der Waals surface area contributed by atoms with Gasteiger partial charge in [0.15, 0.2) is 0 Å². The summed E-state index contributed by atoms with van der Waals surface area (Å²) in [6, 6.07) is 0. The molecular weight excluding hydrogens is 413 g/mol. The Morgan fingerprint density at radius 2 is 2.11 bits per heavy atom. The van der Waals surface area contributed by atoms with Gasteiger partial charge in [0.1, 0.15) is 0 Å². The average molecular weight is 454 g/mol. The summed E-state index contributed by atoms with van der Waals surface area (Å²) in [4.78, 5) is 10.6. The molecule has 3 unspecified atom stereocenters. The van der Waals surface area contributed by atoms with Gasteiger partial charge in [-0.2, -0.15) is 0 Å². The molecular formula is C20H37O5P3. The summed E-state index contributed by atoms with van der Waals surface area (Å²) in [6.07, 6.45) is 15.7. The van der Waals surface area contributed by atoms with Gasteiger partial charge in [0.2, 0.25) is 0 Å². The maximum Gasteiger partial charge on any atom is 0.303 e. The second kappa shape index (κ2) is 15.9. The molecule has 1 aliphatic carbocycles. The van der Waals surface area contributed by atoms with E-state index in [0.717, 1.165) is 44.9 Å². The Bertz CT molecular complexity index is 525. The van der Waals surface area contributed by atoms with Crippen molar-refractivity contribution in [2.75, 3.05) is 0 Å². The lowest BCUT2D eigenvalue weighted by Crippen LogP contribution is -2.21. The zero-order valence-corrected chi connectivity index (χ0v) is 19.9. The van der Waals surface area contributed by atoms with Gasteiger partial charge in [-0.15, -0.1) is 0 Å². The normalized spacial score (nSPS) is 28.2. The number of hydrogen-bond acceptors (Lipinski definition) is 4. The third-order valence-electron chi connectivity index (χ3n) is 5.32. The molecule has 0 aromatic rings. The van der Waals surface area contributed by atoms with Gasteiger partial charge in [-0.05, 0) is 31.6 Å². The molecule has 28 heavy (non-hydrogen) atoms. The second-order valence-corrected chi connectivity index (χ2v) is 8.08. The molecule has 0 aliphatic heterocycles. The first kappa shape index (κ1) is 22.8. The molecule has 1 fully saturated rings. The van der Waals surface area contributed by atoms with Crippen LogP contribution in [0.25, 0.3) is 0 Å². The molecule has 0 spiro atoms. The predicted octanol–water partition coefficient (Wildman–Crippen LogP) is 5.49. The van der Waals surface area contributed by atoms with Crippen molar-refractivity contribution in [1.82, 2.24) is 0 Å². The molecule has 0 heterocycles. The molecule has 0 bridgehead atoms. The third-order valence-corrected chi connectivity index (χ3v) is 6.27. The van der Waals surface area contributed by atoms with Crippen LogP contribution in [0.1, 0.15) is 64.7 Å². The van der Waals surface area contributed by atoms with Crippen molar-refractivity contribution in [2.45, 2.75) is 83.0 Å². The monoisotopic (exact) mass is 454 g/mol. The number of aliphatic carboxylic acids is 1. The highest BCUT2D eigenvalue weighted by Crippen LogP contribution is 2.41. The van der Waals surface area contributed by atoms with Crippen LogP contribution < -0.4 is 0 Å². The van der Waals surface area contributed by atoms with Crippen molar-refractivity contribution in [1.29, 1.82) is 2.56 Å². The van der Waals surface area contributed by atoms with Gasteiger partial charge < -0.3 is 18.7 Å². The van der Waals surface area contributed by atoms with E-state index in [1.165, 1.54) is 0 Å². The number of allylic oxidation sites excluding steroid dienone is 2. The Labute approximate surface area is 179 Å². The summed E-state index contributed by atoms with van der Waals surface area (Å²) in [5.74, 6) is -0.435. The van der Waals surface area contributed by atoms with E-state index in [-0.39, 0.29) is 55.4 Å². The lowest BCUT2D eigenvalue weighted by molar-refractivity contribution is -0.137. The Morgan fingerprint density at radius 1 is 1.25 bits per heavy atom. The van der Waals surface area contributed by atoms with Crippen LogP contribution in [-0.2, 0) is 18.4 Å². The fraction of sp³-hybridized carbons (Fsp3) is 0.750. The molecule has 162 valence electrons. The van der Waals surface area contributed by atoms with Crippen LogP contribution in [0.2, 0.25) is 0 Å². The van der Waals surface area contributed by atoms with Crippen LogP contribution in [0, 0.1) is 11.8 Å². The first-order valence-corrected chi connectivity index (χ1v) is 11.4. The smallest absolute Gasteiger partial charge is 0.303 e. The summed E-state index contributed by atoms with van der Waals surface area (Å²) in [6.45, 7) is 2.17. The van der Waals surface area contributed by atoms with Gasteiger partial charge in [-0.25, -0.2) is 0 Å². The predicted molar refractivity (Wildman–Crippen MR) is 124 cm³/mol. The maximum atomic E-state index is 10.6. The first-order valence-electron chi connectivity index (χ1n) is 11.1. The fourth-order valence-electron chi connectivity index (χ4n) is 3.73. The second-order valence-electron chi connectivity index (χ2n) is 7.34. The molecule has 1 rings (SSSR count). The van der Waals surface area contributed by atoms with E-state index in [4.69, 9.17) is 21.2 Å². The van der Waals surface area contributed by atoms with E-state index in [0.29, 0.717) is 6.42 Å². The highest BCUT2D eigenvalue weighted by molar-refractivity contribution is 7.10. The molecule has 0 aromatic carbocycles. The van der Waals surface area contributed by atoms with Gasteiger partial charge in [0.25, 0.3) is 0 Å². The van der Waals surface area contributed by atoms with Crippen molar-refractivity contribution in [3.05, 3.63) is 24.3 Å². The number of hydrogen-bond donors (Lipinski definition) is 1. The van der Waals surface area contributed by atoms with Crippen molar-refractivity contribution >= 4 is 34.3 Å². The first-order chi connectivity index (χ1) is 14.6. The molecule has 1 N–H and O–H groups in total. The molecule has 0 amide bonds. The van der Waals surface area contributed by atoms with Crippen molar-refractivity contribution in [2.24, 2.45) is 11.8 Å². The molecule has 8 atom stereocenters. The molecule has 0 radical (unpaired) electrons. The lowest BCUT2D eigenvalue weighted by Gasteiger charge is -2.22. The minimum atomic E-state index is -0.763. The highest BCUT2D eigenvalue weighted by Gasteiger charge is 2.41. The van der Waals surface area contributed by atoms with Crippen molar-refractivity contribution in [3.63, 3.8) is 0 Å². The van der Waals surface area contributed by atoms with Crippen LogP contribution in [0.15, 0.2) is 24.3 Å². The SMILES string of the molecule is [3H]PO[C@H](/C=C/[C@@H]1[C@@H](C/C=C\CCCC(=O)O)[C@@H](OP)C[C@H]1OP[3H])CCCCC. The van der Waals surface area contributed by atoms with Crippen LogP contribution in [0.3, 0.4) is 0 Å². The summed E-state index contributed by atoms with van der Waals surface area (Å²) >= 11 is 0. The van der Waals surface area contributed by atoms with Gasteiger partial charge in [0, 0.05) is 47.0 Å². The largest absolute Gasteiger partial charge is 0.481 e. The molecule has 5 nitrogen and oxygen atoms in total. The van der Waals surface area contributed by atoms with Crippen LogP contribution in [0.4, 0.5) is 0 Å². The van der Waals surface area contributed by atoms with Gasteiger partial charge in [-0.3, -0.25) is 4.79 Å². The lowest BCUT2D eigenvalue weighted by atomic mass is 9.89. The Balaban J connectivity index is 2.79. The minimum absolute atomic E-state index is 0.0205. The Morgan fingerprint density at radius 3 is 2.79 bits per heavy atom. The van der Waals surface area contributed by atoms with Gasteiger partial charge in [-0.1, -0.05) is 50.5 Å². The molecule has 0 saturated heterocycles. The number of carboxylic acids is 1. The van der Waals surface area contributed by atoms with E-state index < -0.39 is 5.97 Å². The Kier molecular flexibility index (Phi) is 12.9. The van der Waals surface area contributed by atoms with E-state index in [1.54, 1.807) is 0 Å². The highest BCUT2D eigenvalue weighted by atomic mass is 31.0. The number of carboxylic acid groups (broad SMARTS) is 1. The van der Waals surface area contributed by atoms with Crippen LogP contribution >= 0.6 is 28.3 Å². The molecule has 8 heteroatoms. The maximum absolute atomic E-state index is 10.6. The van der Waals surface area contributed by atoms with Crippen molar-refractivity contribution < 1.29 is 23.5 Å². The molecule has 1 saturated carbocycles. The van der Waals surface area contributed by atoms with E-state index >= 15 is 0 Å². The van der Waals surface area contributed by atoms with E-state index in [9.17, 15) is 4.79 Å². The topological polar surface area (TPSA) is 65.0 Å².